The molecule has 6 heteroatoms. The van der Waals surface area contributed by atoms with Crippen molar-refractivity contribution in [1.29, 1.82) is 0 Å². The van der Waals surface area contributed by atoms with E-state index >= 15 is 0 Å². The van der Waals surface area contributed by atoms with Gasteiger partial charge in [0.05, 0.1) is 14.2 Å². The summed E-state index contributed by atoms with van der Waals surface area (Å²) in [5.41, 5.74) is 0.644. The third kappa shape index (κ3) is 5.24. The van der Waals surface area contributed by atoms with Crippen LogP contribution in [0.25, 0.3) is 0 Å². The lowest BCUT2D eigenvalue weighted by molar-refractivity contribution is -0.139. The van der Waals surface area contributed by atoms with Gasteiger partial charge in [-0.1, -0.05) is 6.07 Å². The number of ether oxygens (including phenoxy) is 2. The summed E-state index contributed by atoms with van der Waals surface area (Å²) >= 11 is 0. The van der Waals surface area contributed by atoms with E-state index in [0.29, 0.717) is 23.6 Å². The Hall–Kier alpha value is -1.79. The Balaban J connectivity index is 2.78. The highest BCUT2D eigenvalue weighted by Gasteiger charge is 2.20. The van der Waals surface area contributed by atoms with Crippen LogP contribution in [0, 0.1) is 0 Å². The SMILES string of the molecule is COc1ccc(C(NCCCN(C)C)C(=O)O)cc1OC. The maximum absolute atomic E-state index is 11.4. The molecular weight excluding hydrogens is 272 g/mol. The lowest BCUT2D eigenvalue weighted by atomic mass is 10.1. The third-order valence-corrected chi connectivity index (χ3v) is 3.12. The fraction of sp³-hybridized carbons (Fsp3) is 0.533. The average Bonchev–Trinajstić information content (AvgIpc) is 2.45. The molecule has 21 heavy (non-hydrogen) atoms. The number of carboxylic acid groups (broad SMARTS) is 1. The predicted molar refractivity (Wildman–Crippen MR) is 81.1 cm³/mol. The van der Waals surface area contributed by atoms with Gasteiger partial charge in [0.15, 0.2) is 11.5 Å². The number of hydrogen-bond donors (Lipinski definition) is 2. The Morgan fingerprint density at radius 2 is 1.95 bits per heavy atom. The van der Waals surface area contributed by atoms with Gasteiger partial charge in [0.1, 0.15) is 6.04 Å². The molecule has 0 bridgehead atoms. The van der Waals surface area contributed by atoms with E-state index in [1.807, 2.05) is 14.1 Å². The van der Waals surface area contributed by atoms with E-state index in [9.17, 15) is 9.90 Å². The minimum absolute atomic E-state index is 0.524. The molecule has 0 aliphatic carbocycles. The molecule has 6 nitrogen and oxygen atoms in total. The van der Waals surface area contributed by atoms with Gasteiger partial charge >= 0.3 is 5.97 Å². The van der Waals surface area contributed by atoms with Gasteiger partial charge in [0, 0.05) is 0 Å². The standard InChI is InChI=1S/C15H24N2O4/c1-17(2)9-5-8-16-14(15(18)19)11-6-7-12(20-3)13(10-11)21-4/h6-7,10,14,16H,5,8-9H2,1-4H3,(H,18,19). The first-order chi connectivity index (χ1) is 9.99. The van der Waals surface area contributed by atoms with Crippen LogP contribution in [0.4, 0.5) is 0 Å². The van der Waals surface area contributed by atoms with E-state index in [-0.39, 0.29) is 0 Å². The van der Waals surface area contributed by atoms with Crippen LogP contribution >= 0.6 is 0 Å². The Kier molecular flexibility index (Phi) is 6.98. The molecular formula is C15H24N2O4. The molecule has 1 rings (SSSR count). The predicted octanol–water partition coefficient (Wildman–Crippen LogP) is 1.37. The Labute approximate surface area is 125 Å². The minimum atomic E-state index is -0.910. The monoisotopic (exact) mass is 296 g/mol. The highest BCUT2D eigenvalue weighted by molar-refractivity contribution is 5.76. The quantitative estimate of drug-likeness (QED) is 0.671. The summed E-state index contributed by atoms with van der Waals surface area (Å²) in [6.07, 6.45) is 0.879. The fourth-order valence-corrected chi connectivity index (χ4v) is 2.02. The first-order valence-corrected chi connectivity index (χ1v) is 6.82. The van der Waals surface area contributed by atoms with Crippen molar-refractivity contribution in [3.05, 3.63) is 23.8 Å². The van der Waals surface area contributed by atoms with Gasteiger partial charge in [-0.25, -0.2) is 0 Å². The topological polar surface area (TPSA) is 71.0 Å². The molecule has 1 unspecified atom stereocenters. The number of carbonyl (C=O) groups is 1. The van der Waals surface area contributed by atoms with Crippen molar-refractivity contribution in [3.8, 4) is 11.5 Å². The van der Waals surface area contributed by atoms with Crippen LogP contribution in [0.1, 0.15) is 18.0 Å². The molecule has 0 saturated carbocycles. The smallest absolute Gasteiger partial charge is 0.325 e. The zero-order valence-corrected chi connectivity index (χ0v) is 13.0. The van der Waals surface area contributed by atoms with Crippen LogP contribution in [0.2, 0.25) is 0 Å². The van der Waals surface area contributed by atoms with Gasteiger partial charge in [-0.3, -0.25) is 4.79 Å². The first-order valence-electron chi connectivity index (χ1n) is 6.82. The normalized spacial score (nSPS) is 12.2. The van der Waals surface area contributed by atoms with Crippen LogP contribution in [0.3, 0.4) is 0 Å². The third-order valence-electron chi connectivity index (χ3n) is 3.12. The molecule has 0 heterocycles. The Morgan fingerprint density at radius 3 is 2.48 bits per heavy atom. The second-order valence-corrected chi connectivity index (χ2v) is 5.00. The number of benzene rings is 1. The lowest BCUT2D eigenvalue weighted by Crippen LogP contribution is -2.30. The number of hydrogen-bond acceptors (Lipinski definition) is 5. The molecule has 2 N–H and O–H groups in total. The summed E-state index contributed by atoms with van der Waals surface area (Å²) in [4.78, 5) is 13.5. The van der Waals surface area contributed by atoms with E-state index in [1.165, 1.54) is 7.11 Å². The number of nitrogens with zero attached hydrogens (tertiary/aromatic N) is 1. The molecule has 1 aromatic rings. The maximum atomic E-state index is 11.4. The van der Waals surface area contributed by atoms with E-state index in [0.717, 1.165) is 13.0 Å². The van der Waals surface area contributed by atoms with Crippen molar-refractivity contribution in [2.75, 3.05) is 41.4 Å². The highest BCUT2D eigenvalue weighted by Crippen LogP contribution is 2.30. The molecule has 0 amide bonds. The molecule has 0 radical (unpaired) electrons. The number of methoxy groups -OCH3 is 2. The summed E-state index contributed by atoms with van der Waals surface area (Å²) in [5.74, 6) is 0.196. The van der Waals surface area contributed by atoms with Crippen molar-refractivity contribution >= 4 is 5.97 Å². The summed E-state index contributed by atoms with van der Waals surface area (Å²) < 4.78 is 10.4. The minimum Gasteiger partial charge on any atom is -0.493 e. The van der Waals surface area contributed by atoms with E-state index in [2.05, 4.69) is 10.2 Å². The number of carboxylic acids is 1. The van der Waals surface area contributed by atoms with Crippen molar-refractivity contribution < 1.29 is 19.4 Å². The van der Waals surface area contributed by atoms with Gasteiger partial charge in [0.2, 0.25) is 0 Å². The summed E-state index contributed by atoms with van der Waals surface area (Å²) in [6.45, 7) is 1.54. The molecule has 0 saturated heterocycles. The van der Waals surface area contributed by atoms with Crippen molar-refractivity contribution in [2.24, 2.45) is 0 Å². The van der Waals surface area contributed by atoms with E-state index in [1.54, 1.807) is 25.3 Å². The van der Waals surface area contributed by atoms with Gasteiger partial charge in [-0.15, -0.1) is 0 Å². The van der Waals surface area contributed by atoms with Gasteiger partial charge < -0.3 is 24.8 Å². The van der Waals surface area contributed by atoms with Crippen LogP contribution in [-0.2, 0) is 4.79 Å². The maximum Gasteiger partial charge on any atom is 0.325 e. The molecule has 0 fully saturated rings. The lowest BCUT2D eigenvalue weighted by Gasteiger charge is -2.17. The van der Waals surface area contributed by atoms with Crippen LogP contribution in [0.5, 0.6) is 11.5 Å². The second kappa shape index (κ2) is 8.49. The molecule has 1 atom stereocenters. The fourth-order valence-electron chi connectivity index (χ4n) is 2.02. The van der Waals surface area contributed by atoms with Crippen molar-refractivity contribution in [3.63, 3.8) is 0 Å². The molecule has 0 aliphatic rings. The van der Waals surface area contributed by atoms with Crippen molar-refractivity contribution in [2.45, 2.75) is 12.5 Å². The number of nitrogens with one attached hydrogen (secondary N) is 1. The second-order valence-electron chi connectivity index (χ2n) is 5.00. The molecule has 1 aromatic carbocycles. The van der Waals surface area contributed by atoms with Crippen LogP contribution in [0.15, 0.2) is 18.2 Å². The molecule has 118 valence electrons. The first kappa shape index (κ1) is 17.3. The summed E-state index contributed by atoms with van der Waals surface area (Å²) in [6, 6.07) is 4.38. The molecule has 0 aliphatic heterocycles. The Bertz CT molecular complexity index is 463. The van der Waals surface area contributed by atoms with Crippen molar-refractivity contribution in [1.82, 2.24) is 10.2 Å². The molecule has 0 spiro atoms. The molecule has 0 aromatic heterocycles. The summed E-state index contributed by atoms with van der Waals surface area (Å²) in [7, 11) is 7.06. The van der Waals surface area contributed by atoms with Gasteiger partial charge in [0.25, 0.3) is 0 Å². The van der Waals surface area contributed by atoms with E-state index < -0.39 is 12.0 Å². The zero-order chi connectivity index (χ0) is 15.8. The highest BCUT2D eigenvalue weighted by atomic mass is 16.5. The largest absolute Gasteiger partial charge is 0.493 e. The zero-order valence-electron chi connectivity index (χ0n) is 13.0. The average molecular weight is 296 g/mol. The van der Waals surface area contributed by atoms with Crippen LogP contribution < -0.4 is 14.8 Å². The summed E-state index contributed by atoms with van der Waals surface area (Å²) in [5, 5.41) is 12.4. The van der Waals surface area contributed by atoms with E-state index in [4.69, 9.17) is 9.47 Å². The van der Waals surface area contributed by atoms with Gasteiger partial charge in [-0.2, -0.15) is 0 Å². The Morgan fingerprint density at radius 1 is 1.29 bits per heavy atom. The number of rotatable bonds is 9. The van der Waals surface area contributed by atoms with Gasteiger partial charge in [-0.05, 0) is 51.3 Å². The van der Waals surface area contributed by atoms with Crippen LogP contribution in [-0.4, -0.2) is 57.4 Å². The number of aliphatic carboxylic acids is 1.